The van der Waals surface area contributed by atoms with Crippen LogP contribution in [-0.2, 0) is 9.53 Å². The van der Waals surface area contributed by atoms with E-state index in [9.17, 15) is 14.9 Å². The molecule has 0 saturated carbocycles. The lowest BCUT2D eigenvalue weighted by Crippen LogP contribution is -2.23. The van der Waals surface area contributed by atoms with Gasteiger partial charge in [0, 0.05) is 30.9 Å². The molecule has 1 aliphatic heterocycles. The first kappa shape index (κ1) is 12.3. The molecule has 1 atom stereocenters. The van der Waals surface area contributed by atoms with Gasteiger partial charge < -0.3 is 9.64 Å². The lowest BCUT2D eigenvalue weighted by atomic mass is 10.1. The average molecular weight is 250 g/mol. The van der Waals surface area contributed by atoms with E-state index < -0.39 is 4.92 Å². The zero-order valence-electron chi connectivity index (χ0n) is 10.0. The maximum atomic E-state index is 11.4. The second-order valence-electron chi connectivity index (χ2n) is 4.23. The summed E-state index contributed by atoms with van der Waals surface area (Å²) in [5.74, 6) is -0.301. The first-order valence-corrected chi connectivity index (χ1v) is 5.69. The SMILES string of the molecule is COC(=O)C1CCN(c2ccc([N+](=O)[O-])cc2)C1. The molecule has 1 aromatic carbocycles. The lowest BCUT2D eigenvalue weighted by Gasteiger charge is -2.17. The molecule has 1 fully saturated rings. The number of carbonyl (C=O) groups is 1. The third-order valence-corrected chi connectivity index (χ3v) is 3.15. The predicted molar refractivity (Wildman–Crippen MR) is 65.4 cm³/mol. The zero-order valence-corrected chi connectivity index (χ0v) is 10.0. The molecule has 1 aromatic rings. The van der Waals surface area contributed by atoms with Gasteiger partial charge in [-0.25, -0.2) is 0 Å². The van der Waals surface area contributed by atoms with E-state index >= 15 is 0 Å². The van der Waals surface area contributed by atoms with Crippen LogP contribution in [0, 0.1) is 16.0 Å². The Bertz CT molecular complexity index is 458. The molecular formula is C12H14N2O4. The summed E-state index contributed by atoms with van der Waals surface area (Å²) < 4.78 is 4.71. The van der Waals surface area contributed by atoms with E-state index in [1.807, 2.05) is 4.90 Å². The van der Waals surface area contributed by atoms with Gasteiger partial charge in [0.1, 0.15) is 0 Å². The number of nitro groups is 1. The van der Waals surface area contributed by atoms with E-state index in [0.29, 0.717) is 6.54 Å². The minimum absolute atomic E-state index is 0.0717. The molecule has 6 heteroatoms. The molecule has 1 unspecified atom stereocenters. The molecule has 0 aliphatic carbocycles. The number of carbonyl (C=O) groups excluding carboxylic acids is 1. The van der Waals surface area contributed by atoms with E-state index in [-0.39, 0.29) is 17.6 Å². The lowest BCUT2D eigenvalue weighted by molar-refractivity contribution is -0.384. The number of ether oxygens (including phenoxy) is 1. The average Bonchev–Trinajstić information content (AvgIpc) is 2.87. The Morgan fingerprint density at radius 2 is 2.11 bits per heavy atom. The maximum Gasteiger partial charge on any atom is 0.310 e. The van der Waals surface area contributed by atoms with Crippen LogP contribution in [0.2, 0.25) is 0 Å². The number of esters is 1. The third-order valence-electron chi connectivity index (χ3n) is 3.15. The highest BCUT2D eigenvalue weighted by Gasteiger charge is 2.29. The van der Waals surface area contributed by atoms with Crippen molar-refractivity contribution in [3.63, 3.8) is 0 Å². The molecule has 0 spiro atoms. The van der Waals surface area contributed by atoms with Crippen molar-refractivity contribution in [2.24, 2.45) is 5.92 Å². The van der Waals surface area contributed by atoms with Crippen molar-refractivity contribution in [3.8, 4) is 0 Å². The molecule has 18 heavy (non-hydrogen) atoms. The zero-order chi connectivity index (χ0) is 13.1. The summed E-state index contributed by atoms with van der Waals surface area (Å²) in [5.41, 5.74) is 0.967. The first-order valence-electron chi connectivity index (χ1n) is 5.69. The summed E-state index contributed by atoms with van der Waals surface area (Å²) in [5, 5.41) is 10.5. The topological polar surface area (TPSA) is 72.7 Å². The van der Waals surface area contributed by atoms with E-state index in [1.165, 1.54) is 19.2 Å². The van der Waals surface area contributed by atoms with Gasteiger partial charge in [0.2, 0.25) is 0 Å². The van der Waals surface area contributed by atoms with Gasteiger partial charge in [-0.05, 0) is 18.6 Å². The smallest absolute Gasteiger partial charge is 0.310 e. The van der Waals surface area contributed by atoms with Crippen LogP contribution in [-0.4, -0.2) is 31.1 Å². The highest BCUT2D eigenvalue weighted by molar-refractivity contribution is 5.74. The van der Waals surface area contributed by atoms with Gasteiger partial charge in [0.25, 0.3) is 5.69 Å². The fourth-order valence-electron chi connectivity index (χ4n) is 2.14. The summed E-state index contributed by atoms with van der Waals surface area (Å²) in [4.78, 5) is 23.5. The standard InChI is InChI=1S/C12H14N2O4/c1-18-12(15)9-6-7-13(8-9)10-2-4-11(5-3-10)14(16)17/h2-5,9H,6-8H2,1H3. The molecular weight excluding hydrogens is 236 g/mol. The summed E-state index contributed by atoms with van der Waals surface area (Å²) in [6.07, 6.45) is 0.754. The molecule has 2 rings (SSSR count). The second kappa shape index (κ2) is 5.03. The molecule has 1 aliphatic rings. The molecule has 0 aromatic heterocycles. The Hall–Kier alpha value is -2.11. The van der Waals surface area contributed by atoms with Crippen LogP contribution in [0.5, 0.6) is 0 Å². The van der Waals surface area contributed by atoms with Gasteiger partial charge in [0.15, 0.2) is 0 Å². The van der Waals surface area contributed by atoms with Crippen molar-refractivity contribution in [2.75, 3.05) is 25.1 Å². The molecule has 1 saturated heterocycles. The van der Waals surface area contributed by atoms with Crippen molar-refractivity contribution in [2.45, 2.75) is 6.42 Å². The van der Waals surface area contributed by atoms with Crippen molar-refractivity contribution < 1.29 is 14.5 Å². The summed E-state index contributed by atoms with van der Waals surface area (Å²) in [6.45, 7) is 1.36. The number of rotatable bonds is 3. The molecule has 1 heterocycles. The van der Waals surface area contributed by atoms with Crippen LogP contribution >= 0.6 is 0 Å². The van der Waals surface area contributed by atoms with Crippen molar-refractivity contribution in [1.82, 2.24) is 0 Å². The van der Waals surface area contributed by atoms with E-state index in [0.717, 1.165) is 18.7 Å². The predicted octanol–water partition coefficient (Wildman–Crippen LogP) is 1.59. The fourth-order valence-corrected chi connectivity index (χ4v) is 2.14. The van der Waals surface area contributed by atoms with E-state index in [4.69, 9.17) is 4.74 Å². The van der Waals surface area contributed by atoms with Gasteiger partial charge in [0.05, 0.1) is 18.0 Å². The van der Waals surface area contributed by atoms with Crippen LogP contribution in [0.4, 0.5) is 11.4 Å². The first-order chi connectivity index (χ1) is 8.61. The van der Waals surface area contributed by atoms with Crippen molar-refractivity contribution >= 4 is 17.3 Å². The maximum absolute atomic E-state index is 11.4. The normalized spacial score (nSPS) is 18.7. The Labute approximate surface area is 104 Å². The van der Waals surface area contributed by atoms with Crippen molar-refractivity contribution in [3.05, 3.63) is 34.4 Å². The molecule has 0 amide bonds. The number of anilines is 1. The Kier molecular flexibility index (Phi) is 3.45. The van der Waals surface area contributed by atoms with Gasteiger partial charge >= 0.3 is 5.97 Å². The van der Waals surface area contributed by atoms with Gasteiger partial charge in [-0.2, -0.15) is 0 Å². The minimum Gasteiger partial charge on any atom is -0.469 e. The van der Waals surface area contributed by atoms with Crippen LogP contribution in [0.3, 0.4) is 0 Å². The third kappa shape index (κ3) is 2.42. The number of methoxy groups -OCH3 is 1. The number of nitrogens with zero attached hydrogens (tertiary/aromatic N) is 2. The number of hydrogen-bond donors (Lipinski definition) is 0. The Morgan fingerprint density at radius 3 is 2.67 bits per heavy atom. The van der Waals surface area contributed by atoms with Gasteiger partial charge in [-0.3, -0.25) is 14.9 Å². The van der Waals surface area contributed by atoms with Gasteiger partial charge in [-0.15, -0.1) is 0 Å². The van der Waals surface area contributed by atoms with E-state index in [1.54, 1.807) is 12.1 Å². The molecule has 0 N–H and O–H groups in total. The summed E-state index contributed by atoms with van der Waals surface area (Å²) in [6, 6.07) is 6.36. The quantitative estimate of drug-likeness (QED) is 0.463. The monoisotopic (exact) mass is 250 g/mol. The minimum atomic E-state index is -0.426. The van der Waals surface area contributed by atoms with Crippen LogP contribution in [0.1, 0.15) is 6.42 Å². The van der Waals surface area contributed by atoms with Crippen LogP contribution in [0.25, 0.3) is 0 Å². The molecule has 6 nitrogen and oxygen atoms in total. The second-order valence-corrected chi connectivity index (χ2v) is 4.23. The summed E-state index contributed by atoms with van der Waals surface area (Å²) >= 11 is 0. The van der Waals surface area contributed by atoms with Crippen LogP contribution < -0.4 is 4.90 Å². The number of nitro benzene ring substituents is 1. The molecule has 0 radical (unpaired) electrons. The Morgan fingerprint density at radius 1 is 1.44 bits per heavy atom. The van der Waals surface area contributed by atoms with Crippen LogP contribution in [0.15, 0.2) is 24.3 Å². The number of benzene rings is 1. The number of hydrogen-bond acceptors (Lipinski definition) is 5. The van der Waals surface area contributed by atoms with E-state index in [2.05, 4.69) is 0 Å². The summed E-state index contributed by atoms with van der Waals surface area (Å²) in [7, 11) is 1.39. The fraction of sp³-hybridized carbons (Fsp3) is 0.417. The highest BCUT2D eigenvalue weighted by Crippen LogP contribution is 2.26. The molecule has 96 valence electrons. The largest absolute Gasteiger partial charge is 0.469 e. The van der Waals surface area contributed by atoms with Gasteiger partial charge in [-0.1, -0.05) is 0 Å². The Balaban J connectivity index is 2.05. The molecule has 0 bridgehead atoms. The highest BCUT2D eigenvalue weighted by atomic mass is 16.6. The van der Waals surface area contributed by atoms with Crippen molar-refractivity contribution in [1.29, 1.82) is 0 Å². The number of non-ortho nitro benzene ring substituents is 1.